The highest BCUT2D eigenvalue weighted by Gasteiger charge is 2.56. The number of rotatable bonds is 1. The lowest BCUT2D eigenvalue weighted by Crippen LogP contribution is -2.58. The van der Waals surface area contributed by atoms with Gasteiger partial charge in [0.2, 0.25) is 5.79 Å². The summed E-state index contributed by atoms with van der Waals surface area (Å²) in [6.45, 7) is 6.14. The molecule has 0 bridgehead atoms. The molecule has 0 radical (unpaired) electrons. The molecule has 2 spiro atoms. The van der Waals surface area contributed by atoms with E-state index in [1.54, 1.807) is 0 Å². The van der Waals surface area contributed by atoms with E-state index in [2.05, 4.69) is 13.8 Å². The summed E-state index contributed by atoms with van der Waals surface area (Å²) in [7, 11) is 0. The van der Waals surface area contributed by atoms with Crippen LogP contribution in [0.5, 0.6) is 0 Å². The largest absolute Gasteiger partial charge is 0.453 e. The van der Waals surface area contributed by atoms with Crippen LogP contribution in [0, 0.1) is 0 Å². The molecule has 0 N–H and O–H groups in total. The van der Waals surface area contributed by atoms with Crippen molar-refractivity contribution in [1.29, 1.82) is 0 Å². The summed E-state index contributed by atoms with van der Waals surface area (Å²) in [5, 5.41) is 0. The molecular weight excluding hydrogens is 272 g/mol. The molecule has 21 heavy (non-hydrogen) atoms. The third-order valence-corrected chi connectivity index (χ3v) is 4.39. The van der Waals surface area contributed by atoms with Crippen LogP contribution in [0.4, 0.5) is 0 Å². The van der Waals surface area contributed by atoms with Crippen LogP contribution in [0.3, 0.4) is 0 Å². The molecule has 0 amide bonds. The van der Waals surface area contributed by atoms with Crippen LogP contribution in [-0.2, 0) is 23.7 Å². The molecule has 3 aliphatic heterocycles. The average molecular weight is 296 g/mol. The van der Waals surface area contributed by atoms with E-state index in [1.165, 1.54) is 6.92 Å². The van der Waals surface area contributed by atoms with E-state index < -0.39 is 17.7 Å². The van der Waals surface area contributed by atoms with E-state index in [0.29, 0.717) is 13.0 Å². The van der Waals surface area contributed by atoms with Crippen molar-refractivity contribution in [2.24, 2.45) is 0 Å². The lowest BCUT2D eigenvalue weighted by Gasteiger charge is -2.48. The fourth-order valence-electron chi connectivity index (χ4n) is 3.40. The summed E-state index contributed by atoms with van der Waals surface area (Å²) in [4.78, 5) is 11.4. The van der Waals surface area contributed by atoms with Crippen LogP contribution < -0.4 is 0 Å². The van der Waals surface area contributed by atoms with Gasteiger partial charge in [0.25, 0.3) is 0 Å². The van der Waals surface area contributed by atoms with Gasteiger partial charge in [0.15, 0.2) is 11.9 Å². The topological polar surface area (TPSA) is 54.0 Å². The van der Waals surface area contributed by atoms with Crippen molar-refractivity contribution in [2.45, 2.75) is 76.2 Å². The standard InChI is InChI=1S/C16H24O5/c1-12(17)19-13-6-8-15(10-9-14(2,3)20-15)21-16(13)7-4-5-11-18-16/h6,8,13H,4-5,7,9-11H2,1-3H3/t13-,15+,16+/m1/s1. The Morgan fingerprint density at radius 2 is 2.00 bits per heavy atom. The molecule has 2 saturated heterocycles. The van der Waals surface area contributed by atoms with Gasteiger partial charge in [-0.25, -0.2) is 0 Å². The van der Waals surface area contributed by atoms with Crippen LogP contribution >= 0.6 is 0 Å². The van der Waals surface area contributed by atoms with Crippen molar-refractivity contribution < 1.29 is 23.7 Å². The van der Waals surface area contributed by atoms with Crippen molar-refractivity contribution >= 4 is 5.97 Å². The van der Waals surface area contributed by atoms with E-state index >= 15 is 0 Å². The molecule has 0 saturated carbocycles. The Balaban J connectivity index is 1.88. The van der Waals surface area contributed by atoms with Gasteiger partial charge in [0.1, 0.15) is 0 Å². The zero-order valence-corrected chi connectivity index (χ0v) is 13.0. The van der Waals surface area contributed by atoms with Gasteiger partial charge in [-0.3, -0.25) is 4.79 Å². The second-order valence-electron chi connectivity index (χ2n) is 6.78. The van der Waals surface area contributed by atoms with Crippen molar-refractivity contribution in [1.82, 2.24) is 0 Å². The van der Waals surface area contributed by atoms with Crippen LogP contribution in [0.1, 0.15) is 52.9 Å². The van der Waals surface area contributed by atoms with E-state index in [-0.39, 0.29) is 11.6 Å². The Bertz CT molecular complexity index is 450. The first kappa shape index (κ1) is 15.0. The Morgan fingerprint density at radius 3 is 2.57 bits per heavy atom. The van der Waals surface area contributed by atoms with Gasteiger partial charge in [-0.1, -0.05) is 0 Å². The summed E-state index contributed by atoms with van der Waals surface area (Å²) in [6.07, 6.45) is 7.66. The first-order valence-electron chi connectivity index (χ1n) is 7.76. The lowest BCUT2D eigenvalue weighted by atomic mass is 9.94. The van der Waals surface area contributed by atoms with Crippen LogP contribution in [0.2, 0.25) is 0 Å². The minimum absolute atomic E-state index is 0.214. The average Bonchev–Trinajstić information content (AvgIpc) is 2.69. The normalized spacial score (nSPS) is 41.6. The van der Waals surface area contributed by atoms with Gasteiger partial charge >= 0.3 is 5.97 Å². The molecule has 3 aliphatic rings. The Kier molecular flexibility index (Phi) is 3.62. The van der Waals surface area contributed by atoms with Gasteiger partial charge in [-0.2, -0.15) is 0 Å². The smallest absolute Gasteiger partial charge is 0.303 e. The SMILES string of the molecule is CC(=O)O[C@@H]1C=C[C@@]2(CCC(C)(C)O2)O[C@@]12CCCCO2. The molecule has 0 aromatic rings. The van der Waals surface area contributed by atoms with Crippen molar-refractivity contribution in [3.05, 3.63) is 12.2 Å². The van der Waals surface area contributed by atoms with Crippen LogP contribution in [0.25, 0.3) is 0 Å². The first-order chi connectivity index (χ1) is 9.85. The van der Waals surface area contributed by atoms with E-state index in [9.17, 15) is 4.79 Å². The summed E-state index contributed by atoms with van der Waals surface area (Å²) in [5.41, 5.74) is -0.214. The monoisotopic (exact) mass is 296 g/mol. The minimum atomic E-state index is -0.904. The minimum Gasteiger partial charge on any atom is -0.453 e. The molecule has 3 heterocycles. The second kappa shape index (κ2) is 5.07. The molecule has 2 fully saturated rings. The number of carbonyl (C=O) groups is 1. The van der Waals surface area contributed by atoms with E-state index in [0.717, 1.165) is 25.7 Å². The van der Waals surface area contributed by atoms with Crippen molar-refractivity contribution in [3.8, 4) is 0 Å². The van der Waals surface area contributed by atoms with Gasteiger partial charge in [0.05, 0.1) is 12.2 Å². The number of esters is 1. The number of ether oxygens (including phenoxy) is 4. The molecule has 5 nitrogen and oxygen atoms in total. The molecule has 0 aromatic carbocycles. The first-order valence-corrected chi connectivity index (χ1v) is 7.76. The Labute approximate surface area is 125 Å². The fraction of sp³-hybridized carbons (Fsp3) is 0.812. The highest BCUT2D eigenvalue weighted by Crippen LogP contribution is 2.47. The molecular formula is C16H24O5. The van der Waals surface area contributed by atoms with Crippen molar-refractivity contribution in [2.75, 3.05) is 6.61 Å². The number of hydrogen-bond acceptors (Lipinski definition) is 5. The predicted molar refractivity (Wildman–Crippen MR) is 75.4 cm³/mol. The van der Waals surface area contributed by atoms with Crippen LogP contribution in [0.15, 0.2) is 12.2 Å². The summed E-state index contributed by atoms with van der Waals surface area (Å²) in [5.74, 6) is -1.98. The third kappa shape index (κ3) is 2.87. The second-order valence-corrected chi connectivity index (χ2v) is 6.78. The molecule has 118 valence electrons. The fourth-order valence-corrected chi connectivity index (χ4v) is 3.40. The number of carbonyl (C=O) groups excluding carboxylic acids is 1. The molecule has 0 unspecified atom stereocenters. The summed E-state index contributed by atoms with van der Waals surface area (Å²) in [6, 6.07) is 0. The maximum absolute atomic E-state index is 11.4. The van der Waals surface area contributed by atoms with Crippen molar-refractivity contribution in [3.63, 3.8) is 0 Å². The van der Waals surface area contributed by atoms with E-state index in [4.69, 9.17) is 18.9 Å². The zero-order valence-electron chi connectivity index (χ0n) is 13.0. The highest BCUT2D eigenvalue weighted by atomic mass is 16.8. The van der Waals surface area contributed by atoms with Gasteiger partial charge in [-0.05, 0) is 45.3 Å². The molecule has 3 rings (SSSR count). The summed E-state index contributed by atoms with van der Waals surface area (Å²) < 4.78 is 23.8. The Morgan fingerprint density at radius 1 is 1.19 bits per heavy atom. The van der Waals surface area contributed by atoms with Crippen LogP contribution in [-0.4, -0.2) is 35.9 Å². The Hall–Kier alpha value is -0.910. The van der Waals surface area contributed by atoms with Gasteiger partial charge < -0.3 is 18.9 Å². The zero-order chi connectivity index (χ0) is 15.1. The van der Waals surface area contributed by atoms with Gasteiger partial charge in [0, 0.05) is 19.8 Å². The van der Waals surface area contributed by atoms with Gasteiger partial charge in [-0.15, -0.1) is 0 Å². The molecule has 3 atom stereocenters. The summed E-state index contributed by atoms with van der Waals surface area (Å²) >= 11 is 0. The molecule has 5 heteroatoms. The lowest BCUT2D eigenvalue weighted by molar-refractivity contribution is -0.378. The molecule has 0 aromatic heterocycles. The highest BCUT2D eigenvalue weighted by molar-refractivity contribution is 5.66. The molecule has 0 aliphatic carbocycles. The number of hydrogen-bond donors (Lipinski definition) is 0. The van der Waals surface area contributed by atoms with E-state index in [1.807, 2.05) is 12.2 Å². The maximum atomic E-state index is 11.4. The quantitative estimate of drug-likeness (QED) is 0.550. The third-order valence-electron chi connectivity index (χ3n) is 4.39. The maximum Gasteiger partial charge on any atom is 0.303 e. The predicted octanol–water partition coefficient (Wildman–Crippen LogP) is 2.69.